The average Bonchev–Trinajstić information content (AvgIpc) is 3.22. The summed E-state index contributed by atoms with van der Waals surface area (Å²) < 4.78 is 32.4. The van der Waals surface area contributed by atoms with E-state index in [1.54, 1.807) is 11.4 Å². The predicted molar refractivity (Wildman–Crippen MR) is 93.3 cm³/mol. The van der Waals surface area contributed by atoms with Crippen LogP contribution in [0.15, 0.2) is 20.2 Å². The van der Waals surface area contributed by atoms with Crippen LogP contribution in [0.3, 0.4) is 0 Å². The van der Waals surface area contributed by atoms with E-state index in [-0.39, 0.29) is 10.8 Å². The van der Waals surface area contributed by atoms with Gasteiger partial charge in [-0.25, -0.2) is 8.42 Å². The number of hydrogen-bond acceptors (Lipinski definition) is 7. The Balaban J connectivity index is 1.54. The van der Waals surface area contributed by atoms with Gasteiger partial charge >= 0.3 is 5.97 Å². The molecule has 0 spiro atoms. The molecule has 10 heteroatoms. The number of hydrogen-bond donors (Lipinski definition) is 1. The summed E-state index contributed by atoms with van der Waals surface area (Å²) in [6.45, 7) is 0.353. The van der Waals surface area contributed by atoms with Gasteiger partial charge in [-0.1, -0.05) is 11.6 Å². The Hall–Kier alpha value is -1.78. The zero-order chi connectivity index (χ0) is 18.3. The molecule has 1 aliphatic carbocycles. The highest BCUT2D eigenvalue weighted by Crippen LogP contribution is 2.37. The summed E-state index contributed by atoms with van der Waals surface area (Å²) in [6, 6.07) is 1.54. The summed E-state index contributed by atoms with van der Waals surface area (Å²) in [5.41, 5.74) is 0.606. The summed E-state index contributed by atoms with van der Waals surface area (Å²) in [4.78, 5) is 15.6. The maximum atomic E-state index is 12.8. The summed E-state index contributed by atoms with van der Waals surface area (Å²) in [5.74, 6) is -0.277. The lowest BCUT2D eigenvalue weighted by Crippen LogP contribution is -2.42. The monoisotopic (exact) mass is 397 g/mol. The Morgan fingerprint density at radius 2 is 2.12 bits per heavy atom. The van der Waals surface area contributed by atoms with E-state index in [0.29, 0.717) is 42.6 Å². The van der Waals surface area contributed by atoms with Crippen molar-refractivity contribution in [2.45, 2.75) is 42.2 Å². The van der Waals surface area contributed by atoms with Crippen molar-refractivity contribution in [2.75, 3.05) is 13.1 Å². The van der Waals surface area contributed by atoms with Crippen LogP contribution in [-0.2, 0) is 14.8 Å². The molecule has 0 unspecified atom stereocenters. The molecule has 1 saturated heterocycles. The first-order valence-corrected chi connectivity index (χ1v) is 10.9. The molecule has 0 radical (unpaired) electrons. The average molecular weight is 397 g/mol. The summed E-state index contributed by atoms with van der Waals surface area (Å²) >= 11 is 1.09. The smallest absolute Gasteiger partial charge is 0.307 e. The van der Waals surface area contributed by atoms with Crippen molar-refractivity contribution in [1.29, 1.82) is 0 Å². The van der Waals surface area contributed by atoms with Crippen LogP contribution in [0.4, 0.5) is 0 Å². The topological polar surface area (TPSA) is 114 Å². The van der Waals surface area contributed by atoms with E-state index in [9.17, 15) is 18.3 Å². The Labute approximate surface area is 154 Å². The highest BCUT2D eigenvalue weighted by atomic mass is 32.2. The van der Waals surface area contributed by atoms with Crippen LogP contribution in [0.5, 0.6) is 0 Å². The Kier molecular flexibility index (Phi) is 4.57. The van der Waals surface area contributed by atoms with Gasteiger partial charge in [0.05, 0.1) is 5.92 Å². The number of carbonyl (C=O) groups is 1. The van der Waals surface area contributed by atoms with E-state index in [1.165, 1.54) is 4.31 Å². The molecule has 4 rings (SSSR count). The molecule has 140 valence electrons. The van der Waals surface area contributed by atoms with Crippen molar-refractivity contribution in [3.05, 3.63) is 17.3 Å². The Morgan fingerprint density at radius 3 is 2.81 bits per heavy atom. The van der Waals surface area contributed by atoms with E-state index in [2.05, 4.69) is 10.1 Å². The minimum absolute atomic E-state index is 0.0128. The van der Waals surface area contributed by atoms with E-state index < -0.39 is 21.9 Å². The number of nitrogens with zero attached hydrogens (tertiary/aromatic N) is 3. The van der Waals surface area contributed by atoms with Gasteiger partial charge in [0.25, 0.3) is 10.0 Å². The lowest BCUT2D eigenvalue weighted by atomic mass is 9.85. The van der Waals surface area contributed by atoms with Crippen molar-refractivity contribution < 1.29 is 22.8 Å². The highest BCUT2D eigenvalue weighted by Gasteiger charge is 2.34. The molecule has 0 aromatic carbocycles. The van der Waals surface area contributed by atoms with Crippen LogP contribution in [-0.4, -0.2) is 47.0 Å². The zero-order valence-electron chi connectivity index (χ0n) is 14.0. The number of rotatable bonds is 5. The van der Waals surface area contributed by atoms with E-state index in [4.69, 9.17) is 4.52 Å². The van der Waals surface area contributed by atoms with Crippen LogP contribution in [0.1, 0.15) is 43.9 Å². The number of sulfonamides is 1. The van der Waals surface area contributed by atoms with Gasteiger partial charge in [-0.15, -0.1) is 11.3 Å². The van der Waals surface area contributed by atoms with Crippen molar-refractivity contribution in [1.82, 2.24) is 14.4 Å². The van der Waals surface area contributed by atoms with Gasteiger partial charge in [0.1, 0.15) is 4.21 Å². The minimum Gasteiger partial charge on any atom is -0.481 e. The molecule has 2 aromatic heterocycles. The number of carboxylic acid groups (broad SMARTS) is 1. The van der Waals surface area contributed by atoms with Crippen LogP contribution < -0.4 is 0 Å². The first kappa shape index (κ1) is 17.6. The first-order valence-electron chi connectivity index (χ1n) is 8.60. The van der Waals surface area contributed by atoms with Crippen molar-refractivity contribution >= 4 is 27.3 Å². The number of piperidine rings is 1. The largest absolute Gasteiger partial charge is 0.481 e. The number of aromatic nitrogens is 2. The molecule has 8 nitrogen and oxygen atoms in total. The third-order valence-corrected chi connectivity index (χ3v) is 8.34. The second-order valence-electron chi connectivity index (χ2n) is 6.78. The number of aliphatic carboxylic acids is 1. The third-order valence-electron chi connectivity index (χ3n) is 5.06. The normalized spacial score (nSPS) is 22.2. The van der Waals surface area contributed by atoms with E-state index in [0.717, 1.165) is 30.6 Å². The molecule has 3 heterocycles. The van der Waals surface area contributed by atoms with Gasteiger partial charge in [0.2, 0.25) is 11.7 Å². The molecule has 2 fully saturated rings. The fourth-order valence-electron chi connectivity index (χ4n) is 3.23. The molecule has 1 N–H and O–H groups in total. The molecule has 1 atom stereocenters. The van der Waals surface area contributed by atoms with Crippen LogP contribution >= 0.6 is 11.3 Å². The SMILES string of the molecule is O=C(O)[C@H]1CCCN(S(=O)(=O)c2cc(-c3noc(C4CCC4)n3)cs2)C1. The molecule has 0 amide bonds. The van der Waals surface area contributed by atoms with Crippen LogP contribution in [0.2, 0.25) is 0 Å². The quantitative estimate of drug-likeness (QED) is 0.824. The molecule has 26 heavy (non-hydrogen) atoms. The van der Waals surface area contributed by atoms with E-state index in [1.807, 2.05) is 0 Å². The van der Waals surface area contributed by atoms with E-state index >= 15 is 0 Å². The van der Waals surface area contributed by atoms with Crippen LogP contribution in [0.25, 0.3) is 11.4 Å². The van der Waals surface area contributed by atoms with Crippen molar-refractivity contribution in [2.24, 2.45) is 5.92 Å². The fourth-order valence-corrected chi connectivity index (χ4v) is 6.07. The lowest BCUT2D eigenvalue weighted by Gasteiger charge is -2.29. The molecule has 1 aliphatic heterocycles. The molecule has 0 bridgehead atoms. The minimum atomic E-state index is -3.72. The summed E-state index contributed by atoms with van der Waals surface area (Å²) in [5, 5.41) is 14.8. The maximum Gasteiger partial charge on any atom is 0.307 e. The standard InChI is InChI=1S/C16H19N3O5S2/c20-16(21)11-5-2-6-19(8-11)26(22,23)13-7-12(9-25-13)14-17-15(24-18-14)10-3-1-4-10/h7,9-11H,1-6,8H2,(H,20,21)/t11-/m0/s1. The van der Waals surface area contributed by atoms with Gasteiger partial charge in [-0.05, 0) is 31.7 Å². The molecule has 2 aromatic rings. The Morgan fingerprint density at radius 1 is 1.31 bits per heavy atom. The second kappa shape index (κ2) is 6.75. The molecule has 2 aliphatic rings. The summed E-state index contributed by atoms with van der Waals surface area (Å²) in [7, 11) is -3.72. The number of thiophene rings is 1. The Bertz CT molecular complexity index is 916. The zero-order valence-corrected chi connectivity index (χ0v) is 15.6. The van der Waals surface area contributed by atoms with Gasteiger partial charge < -0.3 is 9.63 Å². The fraction of sp³-hybridized carbons (Fsp3) is 0.562. The highest BCUT2D eigenvalue weighted by molar-refractivity contribution is 7.91. The summed E-state index contributed by atoms with van der Waals surface area (Å²) in [6.07, 6.45) is 4.31. The lowest BCUT2D eigenvalue weighted by molar-refractivity contribution is -0.142. The van der Waals surface area contributed by atoms with Gasteiger partial charge in [0, 0.05) is 30.0 Å². The second-order valence-corrected chi connectivity index (χ2v) is 9.85. The number of carboxylic acids is 1. The third kappa shape index (κ3) is 3.17. The van der Waals surface area contributed by atoms with Crippen LogP contribution in [0, 0.1) is 5.92 Å². The molecule has 1 saturated carbocycles. The van der Waals surface area contributed by atoms with Gasteiger partial charge in [-0.2, -0.15) is 9.29 Å². The van der Waals surface area contributed by atoms with Crippen molar-refractivity contribution in [3.8, 4) is 11.4 Å². The van der Waals surface area contributed by atoms with Gasteiger partial charge in [0.15, 0.2) is 0 Å². The van der Waals surface area contributed by atoms with Crippen molar-refractivity contribution in [3.63, 3.8) is 0 Å². The maximum absolute atomic E-state index is 12.8. The predicted octanol–water partition coefficient (Wildman–Crippen LogP) is 2.55. The van der Waals surface area contributed by atoms with Gasteiger partial charge in [-0.3, -0.25) is 4.79 Å². The molecular weight excluding hydrogens is 378 g/mol. The first-order chi connectivity index (χ1) is 12.4. The molecular formula is C16H19N3O5S2.